The highest BCUT2D eigenvalue weighted by molar-refractivity contribution is 7.99. The molecule has 0 radical (unpaired) electrons. The molecule has 0 bridgehead atoms. The minimum Gasteiger partial charge on any atom is -0.459 e. The highest BCUT2D eigenvalue weighted by Gasteiger charge is 2.19. The number of hydrogen-bond donors (Lipinski definition) is 2. The molecular formula is C15H15FN4O2S. The summed E-state index contributed by atoms with van der Waals surface area (Å²) in [5.41, 5.74) is 1.44. The minimum absolute atomic E-state index is 0.148. The summed E-state index contributed by atoms with van der Waals surface area (Å²) >= 11 is 1.26. The van der Waals surface area contributed by atoms with Crippen LogP contribution in [0.4, 0.5) is 4.39 Å². The average molecular weight is 334 g/mol. The number of nitrogens with one attached hydrogen (secondary N) is 2. The molecule has 0 aliphatic rings. The third-order valence-electron chi connectivity index (χ3n) is 3.44. The van der Waals surface area contributed by atoms with Gasteiger partial charge < -0.3 is 9.73 Å². The summed E-state index contributed by atoms with van der Waals surface area (Å²) in [7, 11) is 0. The van der Waals surface area contributed by atoms with Gasteiger partial charge in [0.15, 0.2) is 5.16 Å². The first-order valence-corrected chi connectivity index (χ1v) is 7.99. The number of rotatable bonds is 5. The van der Waals surface area contributed by atoms with Crippen LogP contribution in [0.25, 0.3) is 11.0 Å². The van der Waals surface area contributed by atoms with Gasteiger partial charge in [0.25, 0.3) is 0 Å². The molecule has 0 fully saturated rings. The summed E-state index contributed by atoms with van der Waals surface area (Å²) in [4.78, 5) is 15.9. The van der Waals surface area contributed by atoms with Crippen molar-refractivity contribution >= 4 is 28.6 Å². The van der Waals surface area contributed by atoms with Gasteiger partial charge in [-0.1, -0.05) is 11.8 Å². The molecule has 0 saturated heterocycles. The van der Waals surface area contributed by atoms with Crippen LogP contribution in [0.2, 0.25) is 0 Å². The molecule has 120 valence electrons. The Balaban J connectivity index is 1.69. The van der Waals surface area contributed by atoms with Crippen LogP contribution in [-0.2, 0) is 4.79 Å². The third kappa shape index (κ3) is 3.37. The Morgan fingerprint density at radius 2 is 2.35 bits per heavy atom. The van der Waals surface area contributed by atoms with Crippen LogP contribution < -0.4 is 5.32 Å². The van der Waals surface area contributed by atoms with E-state index in [0.717, 1.165) is 10.9 Å². The van der Waals surface area contributed by atoms with E-state index in [2.05, 4.69) is 20.5 Å². The van der Waals surface area contributed by atoms with Crippen LogP contribution in [0.1, 0.15) is 24.3 Å². The van der Waals surface area contributed by atoms with Crippen LogP contribution in [-0.4, -0.2) is 26.8 Å². The number of hydrogen-bond acceptors (Lipinski definition) is 5. The summed E-state index contributed by atoms with van der Waals surface area (Å²) in [6.45, 7) is 3.69. The van der Waals surface area contributed by atoms with Crippen molar-refractivity contribution in [2.45, 2.75) is 25.0 Å². The fraction of sp³-hybridized carbons (Fsp3) is 0.267. The standard InChI is InChI=1S/C15H15FN4O2S/c1-8-11-5-10(16)3-4-12(11)22-14(8)9(2)19-13(21)6-23-15-17-7-18-20-15/h3-5,7,9H,6H2,1-2H3,(H,19,21)(H,17,18,20)/t9-/m1/s1. The Morgan fingerprint density at radius 3 is 3.09 bits per heavy atom. The van der Waals surface area contributed by atoms with Gasteiger partial charge in [0, 0.05) is 10.9 Å². The van der Waals surface area contributed by atoms with E-state index >= 15 is 0 Å². The number of aromatic nitrogens is 3. The van der Waals surface area contributed by atoms with Crippen molar-refractivity contribution in [1.29, 1.82) is 0 Å². The Labute approximate surface area is 135 Å². The Kier molecular flexibility index (Phi) is 4.33. The molecule has 6 nitrogen and oxygen atoms in total. The molecule has 23 heavy (non-hydrogen) atoms. The van der Waals surface area contributed by atoms with E-state index in [9.17, 15) is 9.18 Å². The van der Waals surface area contributed by atoms with Gasteiger partial charge in [-0.15, -0.1) is 0 Å². The molecule has 0 aliphatic carbocycles. The fourth-order valence-corrected chi connectivity index (χ4v) is 2.96. The number of halogens is 1. The second-order valence-electron chi connectivity index (χ2n) is 5.10. The van der Waals surface area contributed by atoms with Crippen LogP contribution in [0.5, 0.6) is 0 Å². The molecule has 0 spiro atoms. The smallest absolute Gasteiger partial charge is 0.231 e. The Morgan fingerprint density at radius 1 is 1.52 bits per heavy atom. The molecule has 2 aromatic heterocycles. The second kappa shape index (κ2) is 6.41. The van der Waals surface area contributed by atoms with Crippen molar-refractivity contribution in [1.82, 2.24) is 20.5 Å². The summed E-state index contributed by atoms with van der Waals surface area (Å²) in [5.74, 6) is 0.384. The summed E-state index contributed by atoms with van der Waals surface area (Å²) in [6.07, 6.45) is 1.39. The zero-order chi connectivity index (χ0) is 16.4. The maximum absolute atomic E-state index is 13.3. The number of carbonyl (C=O) groups is 1. The largest absolute Gasteiger partial charge is 0.459 e. The van der Waals surface area contributed by atoms with Gasteiger partial charge in [-0.25, -0.2) is 9.37 Å². The SMILES string of the molecule is Cc1c([C@@H](C)NC(=O)CSc2ncn[nH]2)oc2ccc(F)cc12. The maximum Gasteiger partial charge on any atom is 0.231 e. The van der Waals surface area contributed by atoms with E-state index in [0.29, 0.717) is 16.5 Å². The number of thioether (sulfide) groups is 1. The summed E-state index contributed by atoms with van der Waals surface area (Å²) in [5, 5.41) is 10.6. The summed E-state index contributed by atoms with van der Waals surface area (Å²) < 4.78 is 19.1. The molecule has 3 rings (SSSR count). The fourth-order valence-electron chi connectivity index (χ4n) is 2.37. The lowest BCUT2D eigenvalue weighted by Gasteiger charge is -2.12. The van der Waals surface area contributed by atoms with Gasteiger partial charge in [-0.05, 0) is 32.0 Å². The lowest BCUT2D eigenvalue weighted by atomic mass is 10.1. The molecule has 0 aliphatic heterocycles. The number of benzene rings is 1. The molecule has 2 heterocycles. The lowest BCUT2D eigenvalue weighted by Crippen LogP contribution is -2.28. The Bertz CT molecular complexity index is 831. The maximum atomic E-state index is 13.3. The number of carbonyl (C=O) groups excluding carboxylic acids is 1. The molecule has 1 aromatic carbocycles. The summed E-state index contributed by atoms with van der Waals surface area (Å²) in [6, 6.07) is 4.07. The van der Waals surface area contributed by atoms with Crippen molar-refractivity contribution in [3.05, 3.63) is 41.7 Å². The van der Waals surface area contributed by atoms with Crippen LogP contribution >= 0.6 is 11.8 Å². The molecule has 0 saturated carbocycles. The first-order valence-electron chi connectivity index (χ1n) is 7.00. The van der Waals surface area contributed by atoms with Crippen LogP contribution in [0.3, 0.4) is 0 Å². The molecule has 8 heteroatoms. The van der Waals surface area contributed by atoms with E-state index in [1.807, 2.05) is 13.8 Å². The van der Waals surface area contributed by atoms with Gasteiger partial charge >= 0.3 is 0 Å². The minimum atomic E-state index is -0.312. The number of furan rings is 1. The topological polar surface area (TPSA) is 83.8 Å². The molecule has 1 amide bonds. The van der Waals surface area contributed by atoms with Crippen molar-refractivity contribution in [2.75, 3.05) is 5.75 Å². The van der Waals surface area contributed by atoms with Crippen LogP contribution in [0, 0.1) is 12.7 Å². The number of H-pyrrole nitrogens is 1. The number of nitrogens with zero attached hydrogens (tertiary/aromatic N) is 2. The van der Waals surface area contributed by atoms with Crippen molar-refractivity contribution in [3.8, 4) is 0 Å². The molecule has 1 atom stereocenters. The van der Waals surface area contributed by atoms with E-state index in [1.165, 1.54) is 30.2 Å². The highest BCUT2D eigenvalue weighted by Crippen LogP contribution is 2.30. The number of aryl methyl sites for hydroxylation is 1. The number of fused-ring (bicyclic) bond motifs is 1. The lowest BCUT2D eigenvalue weighted by molar-refractivity contribution is -0.119. The van der Waals surface area contributed by atoms with E-state index in [1.54, 1.807) is 6.07 Å². The third-order valence-corrected chi connectivity index (χ3v) is 4.32. The molecule has 2 N–H and O–H groups in total. The first kappa shape index (κ1) is 15.5. The van der Waals surface area contributed by atoms with E-state index in [-0.39, 0.29) is 23.5 Å². The van der Waals surface area contributed by atoms with Crippen molar-refractivity contribution in [2.24, 2.45) is 0 Å². The zero-order valence-electron chi connectivity index (χ0n) is 12.6. The van der Waals surface area contributed by atoms with Crippen molar-refractivity contribution < 1.29 is 13.6 Å². The number of amides is 1. The van der Waals surface area contributed by atoms with E-state index < -0.39 is 0 Å². The normalized spacial score (nSPS) is 12.5. The van der Waals surface area contributed by atoms with Crippen LogP contribution in [0.15, 0.2) is 34.1 Å². The van der Waals surface area contributed by atoms with Crippen molar-refractivity contribution in [3.63, 3.8) is 0 Å². The quantitative estimate of drug-likeness (QED) is 0.701. The van der Waals surface area contributed by atoms with Gasteiger partial charge in [0.05, 0.1) is 11.8 Å². The predicted molar refractivity (Wildman–Crippen MR) is 84.6 cm³/mol. The zero-order valence-corrected chi connectivity index (χ0v) is 13.4. The Hall–Kier alpha value is -2.35. The van der Waals surface area contributed by atoms with E-state index in [4.69, 9.17) is 4.42 Å². The van der Waals surface area contributed by atoms with Gasteiger partial charge in [-0.3, -0.25) is 9.89 Å². The predicted octanol–water partition coefficient (Wildman–Crippen LogP) is 2.97. The van der Waals surface area contributed by atoms with Gasteiger partial charge in [-0.2, -0.15) is 5.10 Å². The monoisotopic (exact) mass is 334 g/mol. The first-order chi connectivity index (χ1) is 11.0. The molecular weight excluding hydrogens is 319 g/mol. The molecule has 3 aromatic rings. The average Bonchev–Trinajstić information content (AvgIpc) is 3.14. The highest BCUT2D eigenvalue weighted by atomic mass is 32.2. The second-order valence-corrected chi connectivity index (χ2v) is 6.06. The number of aromatic amines is 1. The van der Waals surface area contributed by atoms with Gasteiger partial charge in [0.2, 0.25) is 5.91 Å². The molecule has 0 unspecified atom stereocenters. The van der Waals surface area contributed by atoms with Gasteiger partial charge in [0.1, 0.15) is 23.5 Å².